The number of ether oxygens (including phenoxy) is 2. The first-order valence-electron chi connectivity index (χ1n) is 9.97. The Kier molecular flexibility index (Phi) is 6.77. The number of nitrogens with one attached hydrogen (secondary N) is 1. The average Bonchev–Trinajstić information content (AvgIpc) is 3.11. The fraction of sp³-hybridized carbons (Fsp3) is 0.722. The zero-order valence-corrected chi connectivity index (χ0v) is 19.2. The van der Waals surface area contributed by atoms with Crippen molar-refractivity contribution in [1.82, 2.24) is 9.55 Å². The fourth-order valence-corrected chi connectivity index (χ4v) is 4.82. The van der Waals surface area contributed by atoms with Gasteiger partial charge in [-0.25, -0.2) is 18.3 Å². The molecule has 33 heavy (non-hydrogen) atoms. The molecule has 1 aromatic rings. The zero-order valence-electron chi connectivity index (χ0n) is 18.3. The van der Waals surface area contributed by atoms with E-state index in [1.807, 2.05) is 4.98 Å². The van der Waals surface area contributed by atoms with Crippen LogP contribution >= 0.6 is 7.82 Å². The highest BCUT2D eigenvalue weighted by Crippen LogP contribution is 2.70. The highest BCUT2D eigenvalue weighted by atomic mass is 31.2. The van der Waals surface area contributed by atoms with E-state index < -0.39 is 73.7 Å². The highest BCUT2D eigenvalue weighted by Gasteiger charge is 2.89. The van der Waals surface area contributed by atoms with Crippen LogP contribution in [-0.2, 0) is 32.4 Å². The normalized spacial score (nSPS) is 32.8. The van der Waals surface area contributed by atoms with Crippen LogP contribution in [0.5, 0.6) is 0 Å². The van der Waals surface area contributed by atoms with E-state index >= 15 is 4.39 Å². The highest BCUT2D eigenvalue weighted by molar-refractivity contribution is 7.48. The molecule has 15 heteroatoms. The van der Waals surface area contributed by atoms with Gasteiger partial charge in [0.15, 0.2) is 24.8 Å². The predicted octanol–water partition coefficient (Wildman–Crippen LogP) is 0.320. The summed E-state index contributed by atoms with van der Waals surface area (Å²) >= 11 is 0. The summed E-state index contributed by atoms with van der Waals surface area (Å²) in [5.41, 5.74) is -6.65. The molecule has 1 aliphatic carbocycles. The second-order valence-electron chi connectivity index (χ2n) is 8.62. The van der Waals surface area contributed by atoms with Crippen LogP contribution in [0.1, 0.15) is 40.3 Å². The minimum absolute atomic E-state index is 0.0404. The van der Waals surface area contributed by atoms with Crippen molar-refractivity contribution in [2.24, 2.45) is 5.41 Å². The SMILES string of the molecule is CCC12OC(n3ccc(=O)[nH]c3=O)C(F)C1(O)C2OP(=O)(OCO)OCOC(=O)C(C)(C)C. The van der Waals surface area contributed by atoms with Crippen LogP contribution in [0.15, 0.2) is 21.9 Å². The van der Waals surface area contributed by atoms with Crippen molar-refractivity contribution in [2.45, 2.75) is 63.8 Å². The Hall–Kier alpha value is -1.93. The van der Waals surface area contributed by atoms with Crippen molar-refractivity contribution in [3.63, 3.8) is 0 Å². The molecule has 186 valence electrons. The summed E-state index contributed by atoms with van der Waals surface area (Å²) in [5, 5.41) is 20.0. The van der Waals surface area contributed by atoms with E-state index in [9.17, 15) is 24.1 Å². The first-order valence-corrected chi connectivity index (χ1v) is 11.4. The number of carbonyl (C=O) groups is 1. The monoisotopic (exact) mass is 496 g/mol. The van der Waals surface area contributed by atoms with E-state index in [2.05, 4.69) is 4.52 Å². The predicted molar refractivity (Wildman–Crippen MR) is 106 cm³/mol. The van der Waals surface area contributed by atoms with Gasteiger partial charge in [0.05, 0.1) is 5.41 Å². The average molecular weight is 496 g/mol. The molecule has 2 aliphatic rings. The van der Waals surface area contributed by atoms with Gasteiger partial charge in [0.25, 0.3) is 5.56 Å². The number of aliphatic hydroxyl groups is 2. The number of aliphatic hydroxyl groups excluding tert-OH is 1. The number of phosphoric acid groups is 1. The number of aromatic nitrogens is 2. The molecular formula is C18H26FN2O11P. The molecule has 0 bridgehead atoms. The first-order chi connectivity index (χ1) is 15.3. The Balaban J connectivity index is 1.77. The van der Waals surface area contributed by atoms with E-state index in [0.717, 1.165) is 16.8 Å². The summed E-state index contributed by atoms with van der Waals surface area (Å²) < 4.78 is 54.1. The zero-order chi connectivity index (χ0) is 24.8. The van der Waals surface area contributed by atoms with Gasteiger partial charge in [-0.3, -0.25) is 28.2 Å². The van der Waals surface area contributed by atoms with Crippen LogP contribution in [0.3, 0.4) is 0 Å². The Morgan fingerprint density at radius 3 is 2.55 bits per heavy atom. The van der Waals surface area contributed by atoms with Crippen molar-refractivity contribution in [3.05, 3.63) is 33.1 Å². The van der Waals surface area contributed by atoms with Crippen molar-refractivity contribution < 1.29 is 47.0 Å². The Labute approximate surface area is 187 Å². The molecule has 1 aromatic heterocycles. The van der Waals surface area contributed by atoms with Gasteiger partial charge in [-0.15, -0.1) is 0 Å². The largest absolute Gasteiger partial charge is 0.480 e. The van der Waals surface area contributed by atoms with Gasteiger partial charge in [0, 0.05) is 12.3 Å². The van der Waals surface area contributed by atoms with Crippen LogP contribution in [0.2, 0.25) is 0 Å². The Bertz CT molecular complexity index is 1060. The topological polar surface area (TPSA) is 176 Å². The van der Waals surface area contributed by atoms with Crippen LogP contribution in [0.4, 0.5) is 4.39 Å². The lowest BCUT2D eigenvalue weighted by Gasteiger charge is -2.25. The van der Waals surface area contributed by atoms with Crippen molar-refractivity contribution in [1.29, 1.82) is 0 Å². The lowest BCUT2D eigenvalue weighted by atomic mass is 9.98. The van der Waals surface area contributed by atoms with Crippen LogP contribution in [0.25, 0.3) is 0 Å². The van der Waals surface area contributed by atoms with E-state index in [1.165, 1.54) is 6.92 Å². The van der Waals surface area contributed by atoms with E-state index in [4.69, 9.17) is 23.6 Å². The second-order valence-corrected chi connectivity index (χ2v) is 10.2. The summed E-state index contributed by atoms with van der Waals surface area (Å²) in [4.78, 5) is 37.1. The molecular weight excluding hydrogens is 470 g/mol. The maximum absolute atomic E-state index is 15.3. The summed E-state index contributed by atoms with van der Waals surface area (Å²) in [6, 6.07) is 0.980. The number of phosphoric ester groups is 1. The number of rotatable bonds is 9. The molecule has 1 saturated carbocycles. The van der Waals surface area contributed by atoms with Gasteiger partial charge in [0.1, 0.15) is 11.7 Å². The minimum Gasteiger partial charge on any atom is -0.437 e. The van der Waals surface area contributed by atoms with Gasteiger partial charge in [0.2, 0.25) is 6.79 Å². The quantitative estimate of drug-likeness (QED) is 0.244. The number of fused-ring (bicyclic) bond motifs is 1. The number of H-pyrrole nitrogens is 1. The van der Waals surface area contributed by atoms with E-state index in [1.54, 1.807) is 20.8 Å². The number of carbonyl (C=O) groups excluding carboxylic acids is 1. The Morgan fingerprint density at radius 2 is 2.03 bits per heavy atom. The molecule has 6 unspecified atom stereocenters. The minimum atomic E-state index is -4.66. The summed E-state index contributed by atoms with van der Waals surface area (Å²) in [6.07, 6.45) is -4.45. The number of hydrogen-bond acceptors (Lipinski definition) is 11. The van der Waals surface area contributed by atoms with Gasteiger partial charge >= 0.3 is 19.5 Å². The molecule has 0 spiro atoms. The molecule has 3 N–H and O–H groups in total. The van der Waals surface area contributed by atoms with Crippen molar-refractivity contribution in [3.8, 4) is 0 Å². The van der Waals surface area contributed by atoms with Crippen LogP contribution in [-0.4, -0.2) is 62.8 Å². The molecule has 1 aliphatic heterocycles. The van der Waals surface area contributed by atoms with Crippen LogP contribution < -0.4 is 11.2 Å². The molecule has 6 atom stereocenters. The van der Waals surface area contributed by atoms with Crippen molar-refractivity contribution >= 4 is 13.8 Å². The van der Waals surface area contributed by atoms with Gasteiger partial charge in [-0.05, 0) is 27.2 Å². The molecule has 0 radical (unpaired) electrons. The van der Waals surface area contributed by atoms with Gasteiger partial charge in [-0.2, -0.15) is 0 Å². The fourth-order valence-electron chi connectivity index (χ4n) is 3.71. The van der Waals surface area contributed by atoms with Crippen LogP contribution in [0, 0.1) is 5.41 Å². The molecule has 2 fully saturated rings. The standard InChI is InChI=1S/C18H26FN2O11P/c1-5-17-13(32-33(27,29-8-22)30-9-28-14(24)16(2,3)4)18(17,26)11(19)12(31-17)21-7-6-10(23)20-15(21)25/h6-7,11-13,22,26H,5,8-9H2,1-4H3,(H,20,23,25). The smallest absolute Gasteiger partial charge is 0.437 e. The first kappa shape index (κ1) is 25.7. The summed E-state index contributed by atoms with van der Waals surface area (Å²) in [6.45, 7) is 4.26. The number of halogens is 1. The molecule has 3 rings (SSSR count). The number of hydrogen-bond donors (Lipinski definition) is 3. The number of alkyl halides is 1. The third-order valence-corrected chi connectivity index (χ3v) is 6.86. The lowest BCUT2D eigenvalue weighted by molar-refractivity contribution is -0.161. The lowest BCUT2D eigenvalue weighted by Crippen LogP contribution is -2.40. The molecule has 1 saturated heterocycles. The number of nitrogens with zero attached hydrogens (tertiary/aromatic N) is 1. The number of esters is 1. The van der Waals surface area contributed by atoms with E-state index in [-0.39, 0.29) is 6.42 Å². The summed E-state index contributed by atoms with van der Waals surface area (Å²) in [5.74, 6) is -0.689. The second kappa shape index (κ2) is 8.69. The number of aromatic amines is 1. The Morgan fingerprint density at radius 1 is 1.36 bits per heavy atom. The third-order valence-electron chi connectivity index (χ3n) is 5.53. The van der Waals surface area contributed by atoms with Gasteiger partial charge < -0.3 is 19.7 Å². The van der Waals surface area contributed by atoms with Crippen molar-refractivity contribution in [2.75, 3.05) is 13.6 Å². The maximum atomic E-state index is 15.3. The third kappa shape index (κ3) is 4.32. The molecule has 0 aromatic carbocycles. The van der Waals surface area contributed by atoms with Gasteiger partial charge in [-0.1, -0.05) is 6.92 Å². The molecule has 13 nitrogen and oxygen atoms in total. The summed E-state index contributed by atoms with van der Waals surface area (Å²) in [7, 11) is -4.66. The molecule has 2 heterocycles. The molecule has 0 amide bonds. The van der Waals surface area contributed by atoms with E-state index in [0.29, 0.717) is 0 Å². The maximum Gasteiger partial charge on any atom is 0.480 e.